The fraction of sp³-hybridized carbons (Fsp3) is 0.368. The number of amides is 1. The molecule has 1 aromatic heterocycles. The molecule has 23 heavy (non-hydrogen) atoms. The lowest BCUT2D eigenvalue weighted by molar-refractivity contribution is 0.0925. The number of hydrogen-bond acceptors (Lipinski definition) is 3. The highest BCUT2D eigenvalue weighted by atomic mass is 16.5. The number of pyridine rings is 1. The smallest absolute Gasteiger partial charge is 0.253 e. The molecule has 3 rings (SSSR count). The van der Waals surface area contributed by atoms with Crippen molar-refractivity contribution in [1.82, 2.24) is 10.3 Å². The Kier molecular flexibility index (Phi) is 4.91. The molecule has 2 aromatic rings. The minimum Gasteiger partial charge on any atom is -0.481 e. The number of ether oxygens (including phenoxy) is 1. The first-order chi connectivity index (χ1) is 11.3. The fourth-order valence-electron chi connectivity index (χ4n) is 3.20. The average Bonchev–Trinajstić information content (AvgIpc) is 2.63. The Hall–Kier alpha value is -2.36. The van der Waals surface area contributed by atoms with E-state index in [-0.39, 0.29) is 11.9 Å². The zero-order chi connectivity index (χ0) is 16.1. The summed E-state index contributed by atoms with van der Waals surface area (Å²) in [4.78, 5) is 16.4. The summed E-state index contributed by atoms with van der Waals surface area (Å²) in [6, 6.07) is 14.4. The second-order valence-corrected chi connectivity index (χ2v) is 6.02. The molecule has 1 aliphatic rings. The maximum Gasteiger partial charge on any atom is 0.253 e. The lowest BCUT2D eigenvalue weighted by Crippen LogP contribution is -2.37. The van der Waals surface area contributed by atoms with E-state index in [1.807, 2.05) is 0 Å². The van der Waals surface area contributed by atoms with Gasteiger partial charge in [-0.2, -0.15) is 0 Å². The van der Waals surface area contributed by atoms with Gasteiger partial charge < -0.3 is 10.1 Å². The number of carbonyl (C=O) groups excluding carboxylic acids is 1. The zero-order valence-corrected chi connectivity index (χ0v) is 13.4. The van der Waals surface area contributed by atoms with Crippen molar-refractivity contribution in [3.63, 3.8) is 0 Å². The summed E-state index contributed by atoms with van der Waals surface area (Å²) >= 11 is 0. The summed E-state index contributed by atoms with van der Waals surface area (Å²) in [6.45, 7) is 0. The van der Waals surface area contributed by atoms with Crippen LogP contribution in [0.4, 0.5) is 0 Å². The number of methoxy groups -OCH3 is 1. The van der Waals surface area contributed by atoms with Gasteiger partial charge in [-0.05, 0) is 43.2 Å². The summed E-state index contributed by atoms with van der Waals surface area (Å²) < 4.78 is 5.01. The van der Waals surface area contributed by atoms with Gasteiger partial charge in [0.1, 0.15) is 0 Å². The maximum absolute atomic E-state index is 12.3. The van der Waals surface area contributed by atoms with Crippen molar-refractivity contribution in [2.45, 2.75) is 37.6 Å². The summed E-state index contributed by atoms with van der Waals surface area (Å²) in [5.74, 6) is 1.08. The molecule has 0 atom stereocenters. The molecule has 1 saturated carbocycles. The third-order valence-corrected chi connectivity index (χ3v) is 4.54. The molecule has 0 unspecified atom stereocenters. The van der Waals surface area contributed by atoms with E-state index < -0.39 is 0 Å². The molecule has 1 aromatic carbocycles. The van der Waals surface area contributed by atoms with E-state index in [1.54, 1.807) is 25.4 Å². The van der Waals surface area contributed by atoms with Gasteiger partial charge >= 0.3 is 0 Å². The molecule has 0 bridgehead atoms. The highest BCUT2D eigenvalue weighted by molar-refractivity contribution is 5.94. The molecule has 1 fully saturated rings. The number of aromatic nitrogens is 1. The molecule has 0 radical (unpaired) electrons. The summed E-state index contributed by atoms with van der Waals surface area (Å²) in [5, 5.41) is 3.12. The third-order valence-electron chi connectivity index (χ3n) is 4.54. The second-order valence-electron chi connectivity index (χ2n) is 6.02. The Morgan fingerprint density at radius 1 is 1.09 bits per heavy atom. The number of rotatable bonds is 4. The molecule has 4 nitrogen and oxygen atoms in total. The minimum atomic E-state index is -0.0525. The molecule has 0 spiro atoms. The van der Waals surface area contributed by atoms with Crippen LogP contribution >= 0.6 is 0 Å². The molecule has 1 amide bonds. The van der Waals surface area contributed by atoms with Crippen LogP contribution in [0.5, 0.6) is 5.88 Å². The third kappa shape index (κ3) is 3.89. The van der Waals surface area contributed by atoms with Crippen LogP contribution < -0.4 is 10.1 Å². The van der Waals surface area contributed by atoms with E-state index in [4.69, 9.17) is 4.74 Å². The van der Waals surface area contributed by atoms with Crippen LogP contribution in [-0.4, -0.2) is 24.0 Å². The van der Waals surface area contributed by atoms with E-state index >= 15 is 0 Å². The van der Waals surface area contributed by atoms with Gasteiger partial charge in [0, 0.05) is 18.3 Å². The Morgan fingerprint density at radius 3 is 2.43 bits per heavy atom. The van der Waals surface area contributed by atoms with Crippen molar-refractivity contribution in [3.8, 4) is 5.88 Å². The van der Waals surface area contributed by atoms with Crippen LogP contribution in [0.3, 0.4) is 0 Å². The average molecular weight is 310 g/mol. The Bertz CT molecular complexity index is 632. The molecule has 1 heterocycles. The number of hydrogen-bond donors (Lipinski definition) is 1. The predicted octanol–water partition coefficient (Wildman–Crippen LogP) is 3.55. The molecule has 120 valence electrons. The minimum absolute atomic E-state index is 0.0525. The lowest BCUT2D eigenvalue weighted by atomic mass is 9.82. The van der Waals surface area contributed by atoms with Crippen molar-refractivity contribution >= 4 is 5.91 Å². The molecule has 1 N–H and O–H groups in total. The maximum atomic E-state index is 12.3. The van der Waals surface area contributed by atoms with Gasteiger partial charge in [0.05, 0.1) is 12.7 Å². The van der Waals surface area contributed by atoms with Gasteiger partial charge in [-0.3, -0.25) is 4.79 Å². The van der Waals surface area contributed by atoms with Crippen molar-refractivity contribution in [2.75, 3.05) is 7.11 Å². The van der Waals surface area contributed by atoms with Crippen LogP contribution in [0.2, 0.25) is 0 Å². The van der Waals surface area contributed by atoms with Crippen LogP contribution in [-0.2, 0) is 0 Å². The van der Waals surface area contributed by atoms with E-state index in [2.05, 4.69) is 40.6 Å². The van der Waals surface area contributed by atoms with Crippen molar-refractivity contribution in [2.24, 2.45) is 0 Å². The zero-order valence-electron chi connectivity index (χ0n) is 13.4. The first-order valence-corrected chi connectivity index (χ1v) is 8.12. The number of carbonyl (C=O) groups is 1. The molecule has 4 heteroatoms. The highest BCUT2D eigenvalue weighted by Crippen LogP contribution is 2.32. The number of nitrogens with one attached hydrogen (secondary N) is 1. The molecule has 0 saturated heterocycles. The Morgan fingerprint density at radius 2 is 1.83 bits per heavy atom. The number of benzene rings is 1. The van der Waals surface area contributed by atoms with Gasteiger partial charge in [0.25, 0.3) is 5.91 Å². The van der Waals surface area contributed by atoms with Crippen molar-refractivity contribution < 1.29 is 9.53 Å². The van der Waals surface area contributed by atoms with Crippen molar-refractivity contribution in [1.29, 1.82) is 0 Å². The van der Waals surface area contributed by atoms with Gasteiger partial charge in [-0.1, -0.05) is 30.3 Å². The Balaban J connectivity index is 1.53. The van der Waals surface area contributed by atoms with Crippen molar-refractivity contribution in [3.05, 3.63) is 59.8 Å². The largest absolute Gasteiger partial charge is 0.481 e. The lowest BCUT2D eigenvalue weighted by Gasteiger charge is -2.29. The second kappa shape index (κ2) is 7.27. The summed E-state index contributed by atoms with van der Waals surface area (Å²) in [6.07, 6.45) is 5.85. The summed E-state index contributed by atoms with van der Waals surface area (Å²) in [7, 11) is 1.56. The van der Waals surface area contributed by atoms with E-state index in [1.165, 1.54) is 5.56 Å². The molecular formula is C19H22N2O2. The first-order valence-electron chi connectivity index (χ1n) is 8.12. The SMILES string of the molecule is COc1ccc(C(=O)NC2CCC(c3ccccc3)CC2)cn1. The van der Waals surface area contributed by atoms with Crippen LogP contribution in [0.1, 0.15) is 47.5 Å². The van der Waals surface area contributed by atoms with Gasteiger partial charge in [0.15, 0.2) is 0 Å². The predicted molar refractivity (Wildman–Crippen MR) is 89.7 cm³/mol. The standard InChI is InChI=1S/C19H22N2O2/c1-23-18-12-9-16(13-20-18)19(22)21-17-10-7-15(8-11-17)14-5-3-2-4-6-14/h2-6,9,12-13,15,17H,7-8,10-11H2,1H3,(H,21,22). The normalized spacial score (nSPS) is 20.7. The monoisotopic (exact) mass is 310 g/mol. The topological polar surface area (TPSA) is 51.2 Å². The quantitative estimate of drug-likeness (QED) is 0.939. The van der Waals surface area contributed by atoms with Crippen LogP contribution in [0, 0.1) is 0 Å². The molecule has 0 aliphatic heterocycles. The van der Waals surface area contributed by atoms with Crippen LogP contribution in [0.15, 0.2) is 48.7 Å². The van der Waals surface area contributed by atoms with Crippen LogP contribution in [0.25, 0.3) is 0 Å². The van der Waals surface area contributed by atoms with E-state index in [0.29, 0.717) is 17.4 Å². The number of nitrogens with zero attached hydrogens (tertiary/aromatic N) is 1. The molecule has 1 aliphatic carbocycles. The van der Waals surface area contributed by atoms with E-state index in [0.717, 1.165) is 25.7 Å². The first kappa shape index (κ1) is 15.5. The van der Waals surface area contributed by atoms with E-state index in [9.17, 15) is 4.79 Å². The molecular weight excluding hydrogens is 288 g/mol. The van der Waals surface area contributed by atoms with Gasteiger partial charge in [0.2, 0.25) is 5.88 Å². The van der Waals surface area contributed by atoms with Gasteiger partial charge in [-0.25, -0.2) is 4.98 Å². The summed E-state index contributed by atoms with van der Waals surface area (Å²) in [5.41, 5.74) is 1.99. The Labute approximate surface area is 136 Å². The van der Waals surface area contributed by atoms with Gasteiger partial charge in [-0.15, -0.1) is 0 Å². The highest BCUT2D eigenvalue weighted by Gasteiger charge is 2.23. The fourth-order valence-corrected chi connectivity index (χ4v) is 3.20.